The van der Waals surface area contributed by atoms with Crippen LogP contribution in [0.25, 0.3) is 0 Å². The molecule has 0 saturated carbocycles. The molecule has 5 heteroatoms. The maximum atomic E-state index is 10.0. The van der Waals surface area contributed by atoms with Gasteiger partial charge in [-0.15, -0.1) is 0 Å². The average molecular weight is 115 g/mol. The highest BCUT2D eigenvalue weighted by atomic mass is 16.2. The predicted molar refractivity (Wildman–Crippen MR) is 26.9 cm³/mol. The molecule has 0 atom stereocenters. The number of carbonyl (C=O) groups is 2. The van der Waals surface area contributed by atoms with Gasteiger partial charge in [-0.1, -0.05) is 0 Å². The number of primary amides is 1. The van der Waals surface area contributed by atoms with Gasteiger partial charge in [-0.2, -0.15) is 5.10 Å². The first kappa shape index (κ1) is 6.61. The molecular formula is C3H5N3O2. The van der Waals surface area contributed by atoms with Gasteiger partial charge in [0, 0.05) is 6.72 Å². The van der Waals surface area contributed by atoms with E-state index in [1.807, 2.05) is 0 Å². The van der Waals surface area contributed by atoms with Gasteiger partial charge in [0.05, 0.1) is 0 Å². The van der Waals surface area contributed by atoms with Crippen molar-refractivity contribution in [3.05, 3.63) is 0 Å². The van der Waals surface area contributed by atoms with E-state index < -0.39 is 11.8 Å². The lowest BCUT2D eigenvalue weighted by Gasteiger charge is -1.88. The zero-order valence-corrected chi connectivity index (χ0v) is 4.05. The van der Waals surface area contributed by atoms with E-state index in [1.165, 1.54) is 0 Å². The summed E-state index contributed by atoms with van der Waals surface area (Å²) in [5.74, 6) is -2.03. The van der Waals surface area contributed by atoms with Crippen molar-refractivity contribution in [1.29, 1.82) is 0 Å². The molecule has 3 N–H and O–H groups in total. The molecule has 0 saturated heterocycles. The minimum absolute atomic E-state index is 0.958. The Bertz CT molecular complexity index is 130. The summed E-state index contributed by atoms with van der Waals surface area (Å²) in [6.07, 6.45) is 0. The Morgan fingerprint density at radius 2 is 2.12 bits per heavy atom. The third-order valence-electron chi connectivity index (χ3n) is 0.404. The summed E-state index contributed by atoms with van der Waals surface area (Å²) in [6, 6.07) is 0. The molecule has 0 spiro atoms. The highest BCUT2D eigenvalue weighted by molar-refractivity contribution is 6.34. The molecule has 0 aromatic rings. The van der Waals surface area contributed by atoms with Crippen LogP contribution in [0, 0.1) is 0 Å². The van der Waals surface area contributed by atoms with Gasteiger partial charge in [0.1, 0.15) is 0 Å². The molecule has 2 amide bonds. The fourth-order valence-corrected chi connectivity index (χ4v) is 0.127. The lowest BCUT2D eigenvalue weighted by Crippen LogP contribution is -2.32. The fourth-order valence-electron chi connectivity index (χ4n) is 0.127. The van der Waals surface area contributed by atoms with Crippen molar-refractivity contribution in [3.8, 4) is 0 Å². The van der Waals surface area contributed by atoms with Crippen LogP contribution in [0.2, 0.25) is 0 Å². The van der Waals surface area contributed by atoms with Crippen molar-refractivity contribution in [2.45, 2.75) is 0 Å². The first-order valence-electron chi connectivity index (χ1n) is 1.74. The van der Waals surface area contributed by atoms with Crippen molar-refractivity contribution >= 4 is 18.5 Å². The maximum absolute atomic E-state index is 10.0. The van der Waals surface area contributed by atoms with Crippen molar-refractivity contribution in [1.82, 2.24) is 5.43 Å². The number of nitrogens with two attached hydrogens (primary N) is 1. The second kappa shape index (κ2) is 2.73. The molecule has 0 aromatic carbocycles. The van der Waals surface area contributed by atoms with E-state index in [-0.39, 0.29) is 0 Å². The predicted octanol–water partition coefficient (Wildman–Crippen LogP) is -1.80. The fraction of sp³-hybridized carbons (Fsp3) is 0. The second-order valence-electron chi connectivity index (χ2n) is 0.963. The van der Waals surface area contributed by atoms with Crippen molar-refractivity contribution in [2.75, 3.05) is 0 Å². The van der Waals surface area contributed by atoms with Crippen LogP contribution in [0.1, 0.15) is 0 Å². The summed E-state index contributed by atoms with van der Waals surface area (Å²) in [4.78, 5) is 19.8. The van der Waals surface area contributed by atoms with E-state index in [9.17, 15) is 9.59 Å². The number of carbonyl (C=O) groups excluding carboxylic acids is 2. The molecule has 0 unspecified atom stereocenters. The number of hydrazone groups is 1. The number of rotatable bonds is 1. The van der Waals surface area contributed by atoms with E-state index in [2.05, 4.69) is 17.6 Å². The molecule has 5 nitrogen and oxygen atoms in total. The minimum atomic E-state index is -1.07. The molecule has 0 aromatic heterocycles. The highest BCUT2D eigenvalue weighted by Crippen LogP contribution is 1.58. The molecule has 44 valence electrons. The van der Waals surface area contributed by atoms with Gasteiger partial charge >= 0.3 is 11.8 Å². The van der Waals surface area contributed by atoms with Gasteiger partial charge < -0.3 is 5.73 Å². The Labute approximate surface area is 45.5 Å². The molecular weight excluding hydrogens is 110 g/mol. The summed E-state index contributed by atoms with van der Waals surface area (Å²) in [5.41, 5.74) is 6.23. The quantitative estimate of drug-likeness (QED) is 0.240. The normalized spacial score (nSPS) is 7.50. The van der Waals surface area contributed by atoms with Crippen LogP contribution < -0.4 is 11.2 Å². The number of hydrogen-bond donors (Lipinski definition) is 2. The highest BCUT2D eigenvalue weighted by Gasteiger charge is 2.03. The molecule has 0 aliphatic rings. The summed E-state index contributed by atoms with van der Waals surface area (Å²) >= 11 is 0. The van der Waals surface area contributed by atoms with Gasteiger partial charge in [0.2, 0.25) is 0 Å². The number of nitrogens with one attached hydrogen (secondary N) is 1. The molecule has 0 radical (unpaired) electrons. The van der Waals surface area contributed by atoms with Gasteiger partial charge in [0.25, 0.3) is 0 Å². The molecule has 0 aliphatic carbocycles. The maximum Gasteiger partial charge on any atom is 0.329 e. The monoisotopic (exact) mass is 115 g/mol. The Morgan fingerprint density at radius 3 is 2.25 bits per heavy atom. The molecule has 8 heavy (non-hydrogen) atoms. The topological polar surface area (TPSA) is 84.6 Å². The van der Waals surface area contributed by atoms with Crippen LogP contribution in [0.3, 0.4) is 0 Å². The minimum Gasteiger partial charge on any atom is -0.361 e. The number of hydrogen-bond acceptors (Lipinski definition) is 3. The lowest BCUT2D eigenvalue weighted by molar-refractivity contribution is -0.137. The first-order valence-corrected chi connectivity index (χ1v) is 1.74. The third-order valence-corrected chi connectivity index (χ3v) is 0.404. The standard InChI is InChI=1S/C3H5N3O2/c1-5-6-3(8)2(4)7/h1H2,(H2,4,7)(H,6,8). The van der Waals surface area contributed by atoms with Crippen LogP contribution in [0.15, 0.2) is 5.10 Å². The SMILES string of the molecule is C=NNC(=O)C(N)=O. The Balaban J connectivity index is 3.65. The number of amides is 2. The van der Waals surface area contributed by atoms with E-state index in [1.54, 1.807) is 5.43 Å². The van der Waals surface area contributed by atoms with Gasteiger partial charge in [-0.3, -0.25) is 9.59 Å². The molecule has 0 heterocycles. The van der Waals surface area contributed by atoms with Crippen LogP contribution in [0.4, 0.5) is 0 Å². The number of nitrogens with zero attached hydrogens (tertiary/aromatic N) is 1. The largest absolute Gasteiger partial charge is 0.361 e. The zero-order chi connectivity index (χ0) is 6.57. The molecule has 0 rings (SSSR count). The van der Waals surface area contributed by atoms with Gasteiger partial charge in [-0.25, -0.2) is 5.43 Å². The lowest BCUT2D eigenvalue weighted by atomic mass is 10.6. The average Bonchev–Trinajstić information content (AvgIpc) is 1.67. The molecule has 0 aliphatic heterocycles. The second-order valence-corrected chi connectivity index (χ2v) is 0.963. The van der Waals surface area contributed by atoms with E-state index in [0.717, 1.165) is 0 Å². The summed E-state index contributed by atoms with van der Waals surface area (Å²) in [6.45, 7) is 2.89. The van der Waals surface area contributed by atoms with E-state index in [4.69, 9.17) is 0 Å². The summed E-state index contributed by atoms with van der Waals surface area (Å²) in [7, 11) is 0. The third kappa shape index (κ3) is 1.91. The van der Waals surface area contributed by atoms with Crippen LogP contribution in [-0.4, -0.2) is 18.5 Å². The van der Waals surface area contributed by atoms with E-state index >= 15 is 0 Å². The van der Waals surface area contributed by atoms with Crippen LogP contribution >= 0.6 is 0 Å². The van der Waals surface area contributed by atoms with Gasteiger partial charge in [0.15, 0.2) is 0 Å². The summed E-state index contributed by atoms with van der Waals surface area (Å²) in [5, 5.41) is 2.91. The Hall–Kier alpha value is -1.39. The van der Waals surface area contributed by atoms with Crippen molar-refractivity contribution in [2.24, 2.45) is 10.8 Å². The molecule has 0 bridgehead atoms. The van der Waals surface area contributed by atoms with E-state index in [0.29, 0.717) is 0 Å². The van der Waals surface area contributed by atoms with Crippen LogP contribution in [0.5, 0.6) is 0 Å². The Kier molecular flexibility index (Phi) is 2.25. The zero-order valence-electron chi connectivity index (χ0n) is 4.05. The van der Waals surface area contributed by atoms with Crippen molar-refractivity contribution in [3.63, 3.8) is 0 Å². The molecule has 0 fully saturated rings. The smallest absolute Gasteiger partial charge is 0.329 e. The van der Waals surface area contributed by atoms with Crippen LogP contribution in [-0.2, 0) is 9.59 Å². The van der Waals surface area contributed by atoms with Gasteiger partial charge in [-0.05, 0) is 0 Å². The van der Waals surface area contributed by atoms with Crippen molar-refractivity contribution < 1.29 is 9.59 Å². The summed E-state index contributed by atoms with van der Waals surface area (Å²) < 4.78 is 0. The Morgan fingerprint density at radius 1 is 1.62 bits per heavy atom. The first-order chi connectivity index (χ1) is 3.68.